The summed E-state index contributed by atoms with van der Waals surface area (Å²) in [5.74, 6) is 0.764. The number of hydrogen-bond acceptors (Lipinski definition) is 2. The number of thiazole rings is 1. The predicted octanol–water partition coefficient (Wildman–Crippen LogP) is 4.18. The number of alkyl halides is 1. The average Bonchev–Trinajstić information content (AvgIpc) is 2.46. The van der Waals surface area contributed by atoms with Gasteiger partial charge in [0.2, 0.25) is 0 Å². The lowest BCUT2D eigenvalue weighted by Gasteiger charge is -2.14. The second-order valence-corrected chi connectivity index (χ2v) is 6.13. The van der Waals surface area contributed by atoms with Crippen LogP contribution in [0.1, 0.15) is 42.8 Å². The van der Waals surface area contributed by atoms with Gasteiger partial charge in [0, 0.05) is 22.9 Å². The summed E-state index contributed by atoms with van der Waals surface area (Å²) in [5.41, 5.74) is 1.16. The van der Waals surface area contributed by atoms with Crippen molar-refractivity contribution in [1.29, 1.82) is 0 Å². The first-order valence-electron chi connectivity index (χ1n) is 5.79. The summed E-state index contributed by atoms with van der Waals surface area (Å²) in [6.07, 6.45) is 7.51. The number of halogens is 1. The molecular formula is C12H18ClNS. The third-order valence-electron chi connectivity index (χ3n) is 3.10. The molecular weight excluding hydrogens is 226 g/mol. The number of aryl methyl sites for hydroxylation is 1. The highest BCUT2D eigenvalue weighted by molar-refractivity contribution is 7.09. The van der Waals surface area contributed by atoms with Crippen LogP contribution in [0, 0.1) is 12.8 Å². The van der Waals surface area contributed by atoms with Crippen molar-refractivity contribution >= 4 is 22.9 Å². The molecule has 3 heteroatoms. The van der Waals surface area contributed by atoms with E-state index >= 15 is 0 Å². The van der Waals surface area contributed by atoms with Crippen molar-refractivity contribution in [2.75, 3.05) is 0 Å². The van der Waals surface area contributed by atoms with Crippen LogP contribution in [-0.4, -0.2) is 10.4 Å². The Morgan fingerprint density at radius 1 is 1.47 bits per heavy atom. The summed E-state index contributed by atoms with van der Waals surface area (Å²) in [5, 5.41) is 3.84. The maximum atomic E-state index is 6.27. The zero-order valence-corrected chi connectivity index (χ0v) is 10.8. The maximum Gasteiger partial charge on any atom is 0.0930 e. The van der Waals surface area contributed by atoms with Crippen molar-refractivity contribution in [2.45, 2.75) is 50.8 Å². The second-order valence-electron chi connectivity index (χ2n) is 4.57. The van der Waals surface area contributed by atoms with Gasteiger partial charge in [-0.25, -0.2) is 4.98 Å². The Bertz CT molecular complexity index is 310. The molecule has 0 aromatic carbocycles. The molecule has 0 bridgehead atoms. The molecule has 0 amide bonds. The minimum atomic E-state index is 0.401. The third-order valence-corrected chi connectivity index (χ3v) is 4.48. The fourth-order valence-electron chi connectivity index (χ4n) is 2.33. The Morgan fingerprint density at radius 3 is 3.00 bits per heavy atom. The second kappa shape index (κ2) is 5.31. The molecule has 2 rings (SSSR count). The van der Waals surface area contributed by atoms with E-state index in [2.05, 4.69) is 17.3 Å². The van der Waals surface area contributed by atoms with Crippen molar-refractivity contribution in [3.63, 3.8) is 0 Å². The Labute approximate surface area is 101 Å². The summed E-state index contributed by atoms with van der Waals surface area (Å²) >= 11 is 8.07. The van der Waals surface area contributed by atoms with Gasteiger partial charge in [0.15, 0.2) is 0 Å². The van der Waals surface area contributed by atoms with Gasteiger partial charge in [0.05, 0.1) is 5.01 Å². The molecule has 0 saturated heterocycles. The van der Waals surface area contributed by atoms with E-state index in [-0.39, 0.29) is 0 Å². The Kier molecular flexibility index (Phi) is 4.04. The summed E-state index contributed by atoms with van der Waals surface area (Å²) in [4.78, 5) is 4.54. The lowest BCUT2D eigenvalue weighted by Crippen LogP contribution is -2.08. The summed E-state index contributed by atoms with van der Waals surface area (Å²) in [6.45, 7) is 2.07. The van der Waals surface area contributed by atoms with Crippen molar-refractivity contribution in [1.82, 2.24) is 4.98 Å². The first kappa shape index (κ1) is 11.4. The Hall–Kier alpha value is -0.0800. The van der Waals surface area contributed by atoms with Crippen molar-refractivity contribution in [3.8, 4) is 0 Å². The van der Waals surface area contributed by atoms with Gasteiger partial charge in [0.25, 0.3) is 0 Å². The van der Waals surface area contributed by atoms with Crippen LogP contribution >= 0.6 is 22.9 Å². The van der Waals surface area contributed by atoms with E-state index in [9.17, 15) is 0 Å². The van der Waals surface area contributed by atoms with Crippen molar-refractivity contribution < 1.29 is 0 Å². The van der Waals surface area contributed by atoms with Gasteiger partial charge in [-0.1, -0.05) is 12.8 Å². The third kappa shape index (κ3) is 3.46. The van der Waals surface area contributed by atoms with Crippen LogP contribution in [0.3, 0.4) is 0 Å². The Balaban J connectivity index is 1.92. The molecule has 0 aliphatic heterocycles. The molecule has 1 saturated carbocycles. The molecule has 15 heavy (non-hydrogen) atoms. The molecule has 1 heterocycles. The Morgan fingerprint density at radius 2 is 2.27 bits per heavy atom. The van der Waals surface area contributed by atoms with E-state index in [1.807, 2.05) is 0 Å². The molecule has 1 fully saturated rings. The predicted molar refractivity (Wildman–Crippen MR) is 66.8 cm³/mol. The molecule has 1 aliphatic carbocycles. The highest BCUT2D eigenvalue weighted by atomic mass is 35.5. The van der Waals surface area contributed by atoms with Crippen molar-refractivity contribution in [3.05, 3.63) is 16.1 Å². The van der Waals surface area contributed by atoms with E-state index in [4.69, 9.17) is 11.6 Å². The molecule has 2 unspecified atom stereocenters. The van der Waals surface area contributed by atoms with Gasteiger partial charge in [-0.3, -0.25) is 0 Å². The van der Waals surface area contributed by atoms with E-state index in [0.29, 0.717) is 5.38 Å². The lowest BCUT2D eigenvalue weighted by molar-refractivity contribution is 0.459. The normalized spacial score (nSPS) is 27.6. The smallest absolute Gasteiger partial charge is 0.0930 e. The summed E-state index contributed by atoms with van der Waals surface area (Å²) in [7, 11) is 0. The van der Waals surface area contributed by atoms with Crippen LogP contribution in [0.4, 0.5) is 0 Å². The zero-order chi connectivity index (χ0) is 10.7. The average molecular weight is 244 g/mol. The first-order chi connectivity index (χ1) is 7.24. The lowest BCUT2D eigenvalue weighted by atomic mass is 9.97. The van der Waals surface area contributed by atoms with E-state index in [1.165, 1.54) is 37.1 Å². The zero-order valence-electron chi connectivity index (χ0n) is 9.21. The summed E-state index contributed by atoms with van der Waals surface area (Å²) in [6, 6.07) is 0. The highest BCUT2D eigenvalue weighted by Crippen LogP contribution is 2.29. The number of hydrogen-bond donors (Lipinski definition) is 0. The minimum absolute atomic E-state index is 0.401. The number of rotatable bonds is 2. The number of nitrogens with zero attached hydrogens (tertiary/aromatic N) is 1. The van der Waals surface area contributed by atoms with Gasteiger partial charge in [-0.2, -0.15) is 0 Å². The minimum Gasteiger partial charge on any atom is -0.247 e. The molecule has 1 aromatic heterocycles. The van der Waals surface area contributed by atoms with Gasteiger partial charge >= 0.3 is 0 Å². The van der Waals surface area contributed by atoms with E-state index in [0.717, 1.165) is 18.0 Å². The molecule has 0 radical (unpaired) electrons. The summed E-state index contributed by atoms with van der Waals surface area (Å²) < 4.78 is 0. The largest absolute Gasteiger partial charge is 0.247 e. The monoisotopic (exact) mass is 243 g/mol. The molecule has 0 N–H and O–H groups in total. The van der Waals surface area contributed by atoms with E-state index < -0.39 is 0 Å². The van der Waals surface area contributed by atoms with Gasteiger partial charge in [-0.15, -0.1) is 22.9 Å². The number of aromatic nitrogens is 1. The maximum absolute atomic E-state index is 6.27. The SMILES string of the molecule is Cc1csc(CC2CCCCC(Cl)C2)n1. The molecule has 0 spiro atoms. The molecule has 1 nitrogen and oxygen atoms in total. The van der Waals surface area contributed by atoms with Gasteiger partial charge in [0.1, 0.15) is 0 Å². The van der Waals surface area contributed by atoms with Crippen LogP contribution in [-0.2, 0) is 6.42 Å². The standard InChI is InChI=1S/C12H18ClNS/c1-9-8-15-12(14-9)7-10-4-2-3-5-11(13)6-10/h8,10-11H,2-7H2,1H3. The fraction of sp³-hybridized carbons (Fsp3) is 0.750. The van der Waals surface area contributed by atoms with Crippen LogP contribution in [0.2, 0.25) is 0 Å². The first-order valence-corrected chi connectivity index (χ1v) is 7.10. The quantitative estimate of drug-likeness (QED) is 0.561. The molecule has 1 aliphatic rings. The van der Waals surface area contributed by atoms with Crippen LogP contribution in [0.5, 0.6) is 0 Å². The topological polar surface area (TPSA) is 12.9 Å². The van der Waals surface area contributed by atoms with Crippen molar-refractivity contribution in [2.24, 2.45) is 5.92 Å². The van der Waals surface area contributed by atoms with Crippen LogP contribution < -0.4 is 0 Å². The molecule has 2 atom stereocenters. The fourth-order valence-corrected chi connectivity index (χ4v) is 3.62. The molecule has 84 valence electrons. The van der Waals surface area contributed by atoms with E-state index in [1.54, 1.807) is 11.3 Å². The van der Waals surface area contributed by atoms with Crippen LogP contribution in [0.15, 0.2) is 5.38 Å². The van der Waals surface area contributed by atoms with Gasteiger partial charge in [-0.05, 0) is 32.1 Å². The highest BCUT2D eigenvalue weighted by Gasteiger charge is 2.19. The molecule has 1 aromatic rings. The van der Waals surface area contributed by atoms with Crippen LogP contribution in [0.25, 0.3) is 0 Å². The van der Waals surface area contributed by atoms with Gasteiger partial charge < -0.3 is 0 Å².